The molecule has 4 heteroatoms. The summed E-state index contributed by atoms with van der Waals surface area (Å²) >= 11 is 0. The van der Waals surface area contributed by atoms with Gasteiger partial charge in [-0.15, -0.1) is 0 Å². The van der Waals surface area contributed by atoms with Crippen LogP contribution in [0.1, 0.15) is 63.1 Å². The zero-order valence-electron chi connectivity index (χ0n) is 13.2. The van der Waals surface area contributed by atoms with Gasteiger partial charge in [0.05, 0.1) is 0 Å². The Kier molecular flexibility index (Phi) is 4.73. The van der Waals surface area contributed by atoms with Gasteiger partial charge in [-0.2, -0.15) is 0 Å². The lowest BCUT2D eigenvalue weighted by Gasteiger charge is -2.37. The first kappa shape index (κ1) is 14.8. The summed E-state index contributed by atoms with van der Waals surface area (Å²) in [5, 5.41) is 0. The van der Waals surface area contributed by atoms with Gasteiger partial charge in [0, 0.05) is 29.9 Å². The van der Waals surface area contributed by atoms with Gasteiger partial charge in [0.2, 0.25) is 0 Å². The van der Waals surface area contributed by atoms with E-state index < -0.39 is 0 Å². The molecule has 21 heavy (non-hydrogen) atoms. The van der Waals surface area contributed by atoms with Gasteiger partial charge in [-0.05, 0) is 58.3 Å². The van der Waals surface area contributed by atoms with Gasteiger partial charge in [0.1, 0.15) is 12.1 Å². The molecular weight excluding hydrogens is 260 g/mol. The van der Waals surface area contributed by atoms with Crippen LogP contribution in [0.4, 0.5) is 5.82 Å². The van der Waals surface area contributed by atoms with Gasteiger partial charge >= 0.3 is 0 Å². The minimum atomic E-state index is 0.405. The fraction of sp³-hybridized carbons (Fsp3) is 0.765. The van der Waals surface area contributed by atoms with E-state index in [1.807, 2.05) is 0 Å². The van der Waals surface area contributed by atoms with E-state index in [9.17, 15) is 0 Å². The molecule has 0 aromatic carbocycles. The van der Waals surface area contributed by atoms with Crippen molar-refractivity contribution >= 4 is 5.82 Å². The van der Waals surface area contributed by atoms with E-state index in [1.54, 1.807) is 6.33 Å². The normalized spacial score (nSPS) is 26.0. The maximum atomic E-state index is 6.06. The fourth-order valence-electron chi connectivity index (χ4n) is 3.92. The molecule has 116 valence electrons. The molecular formula is C17H28N4. The first-order valence-corrected chi connectivity index (χ1v) is 8.64. The average Bonchev–Trinajstić information content (AvgIpc) is 2.76. The number of fused-ring (bicyclic) bond motifs is 1. The van der Waals surface area contributed by atoms with Crippen molar-refractivity contribution in [2.24, 2.45) is 5.73 Å². The van der Waals surface area contributed by atoms with Crippen molar-refractivity contribution in [3.63, 3.8) is 0 Å². The number of aromatic nitrogens is 2. The van der Waals surface area contributed by atoms with Crippen LogP contribution in [-0.2, 0) is 12.8 Å². The first-order valence-electron chi connectivity index (χ1n) is 8.64. The molecule has 0 radical (unpaired) electrons. The Hall–Kier alpha value is -1.16. The summed E-state index contributed by atoms with van der Waals surface area (Å²) in [5.41, 5.74) is 8.78. The summed E-state index contributed by atoms with van der Waals surface area (Å²) in [6.07, 6.45) is 12.6. The molecule has 1 saturated carbocycles. The number of anilines is 1. The second-order valence-electron chi connectivity index (χ2n) is 6.54. The Morgan fingerprint density at radius 3 is 2.62 bits per heavy atom. The number of hydrogen-bond acceptors (Lipinski definition) is 4. The maximum absolute atomic E-state index is 6.06. The van der Waals surface area contributed by atoms with E-state index in [1.165, 1.54) is 49.2 Å². The summed E-state index contributed by atoms with van der Waals surface area (Å²) in [6, 6.07) is 1.01. The van der Waals surface area contributed by atoms with Crippen molar-refractivity contribution in [3.05, 3.63) is 17.6 Å². The molecule has 4 nitrogen and oxygen atoms in total. The minimum Gasteiger partial charge on any atom is -0.354 e. The van der Waals surface area contributed by atoms with Gasteiger partial charge in [-0.1, -0.05) is 6.42 Å². The lowest BCUT2D eigenvalue weighted by Crippen LogP contribution is -2.42. The highest BCUT2D eigenvalue weighted by atomic mass is 15.2. The molecule has 1 aromatic rings. The fourth-order valence-corrected chi connectivity index (χ4v) is 3.92. The number of aryl methyl sites for hydroxylation is 1. The number of nitrogens with zero attached hydrogens (tertiary/aromatic N) is 3. The van der Waals surface area contributed by atoms with E-state index in [2.05, 4.69) is 21.8 Å². The molecule has 0 saturated heterocycles. The van der Waals surface area contributed by atoms with Gasteiger partial charge in [0.15, 0.2) is 0 Å². The second kappa shape index (κ2) is 6.73. The van der Waals surface area contributed by atoms with Crippen LogP contribution in [0.5, 0.6) is 0 Å². The molecule has 0 atom stereocenters. The highest BCUT2D eigenvalue weighted by Gasteiger charge is 2.27. The molecule has 2 aliphatic rings. The van der Waals surface area contributed by atoms with Crippen LogP contribution in [0.15, 0.2) is 6.33 Å². The van der Waals surface area contributed by atoms with Gasteiger partial charge < -0.3 is 10.6 Å². The summed E-state index contributed by atoms with van der Waals surface area (Å²) < 4.78 is 0. The predicted molar refractivity (Wildman–Crippen MR) is 86.5 cm³/mol. The predicted octanol–water partition coefficient (Wildman–Crippen LogP) is 2.84. The van der Waals surface area contributed by atoms with Gasteiger partial charge in [-0.25, -0.2) is 9.97 Å². The maximum Gasteiger partial charge on any atom is 0.135 e. The van der Waals surface area contributed by atoms with Crippen LogP contribution in [0.25, 0.3) is 0 Å². The molecule has 0 unspecified atom stereocenters. The van der Waals surface area contributed by atoms with Crippen LogP contribution in [0, 0.1) is 0 Å². The van der Waals surface area contributed by atoms with Crippen LogP contribution in [0.3, 0.4) is 0 Å². The smallest absolute Gasteiger partial charge is 0.135 e. The molecule has 2 aliphatic carbocycles. The number of rotatable bonds is 3. The highest BCUT2D eigenvalue weighted by molar-refractivity contribution is 5.50. The summed E-state index contributed by atoms with van der Waals surface area (Å²) in [5.74, 6) is 1.21. The molecule has 0 aliphatic heterocycles. The van der Waals surface area contributed by atoms with Crippen LogP contribution < -0.4 is 10.6 Å². The lowest BCUT2D eigenvalue weighted by atomic mass is 9.90. The van der Waals surface area contributed by atoms with E-state index in [0.717, 1.165) is 32.2 Å². The van der Waals surface area contributed by atoms with Gasteiger partial charge in [-0.3, -0.25) is 0 Å². The quantitative estimate of drug-likeness (QED) is 0.869. The third-order valence-corrected chi connectivity index (χ3v) is 5.15. The van der Waals surface area contributed by atoms with E-state index in [-0.39, 0.29) is 0 Å². The Balaban J connectivity index is 1.87. The van der Waals surface area contributed by atoms with Crippen LogP contribution in [-0.4, -0.2) is 28.6 Å². The molecule has 0 amide bonds. The topological polar surface area (TPSA) is 55.0 Å². The summed E-state index contributed by atoms with van der Waals surface area (Å²) in [7, 11) is 0. The zero-order valence-corrected chi connectivity index (χ0v) is 13.2. The van der Waals surface area contributed by atoms with Crippen LogP contribution in [0.2, 0.25) is 0 Å². The van der Waals surface area contributed by atoms with Crippen molar-refractivity contribution in [3.8, 4) is 0 Å². The van der Waals surface area contributed by atoms with Crippen molar-refractivity contribution in [2.45, 2.75) is 76.8 Å². The Morgan fingerprint density at radius 1 is 1.10 bits per heavy atom. The van der Waals surface area contributed by atoms with E-state index in [0.29, 0.717) is 12.1 Å². The molecule has 1 aromatic heterocycles. The Labute approximate surface area is 128 Å². The van der Waals surface area contributed by atoms with Crippen molar-refractivity contribution < 1.29 is 0 Å². The highest BCUT2D eigenvalue weighted by Crippen LogP contribution is 2.31. The monoisotopic (exact) mass is 288 g/mol. The molecule has 0 spiro atoms. The largest absolute Gasteiger partial charge is 0.354 e. The third-order valence-electron chi connectivity index (χ3n) is 5.15. The van der Waals surface area contributed by atoms with E-state index in [4.69, 9.17) is 5.73 Å². The Morgan fingerprint density at radius 2 is 1.86 bits per heavy atom. The average molecular weight is 288 g/mol. The minimum absolute atomic E-state index is 0.405. The van der Waals surface area contributed by atoms with Crippen molar-refractivity contribution in [1.82, 2.24) is 9.97 Å². The van der Waals surface area contributed by atoms with E-state index >= 15 is 0 Å². The number of hydrogen-bond donors (Lipinski definition) is 1. The third kappa shape index (κ3) is 3.20. The second-order valence-corrected chi connectivity index (χ2v) is 6.54. The molecule has 2 N–H and O–H groups in total. The zero-order chi connectivity index (χ0) is 14.7. The molecule has 1 heterocycles. The van der Waals surface area contributed by atoms with Crippen molar-refractivity contribution in [1.29, 1.82) is 0 Å². The Bertz CT molecular complexity index is 466. The summed E-state index contributed by atoms with van der Waals surface area (Å²) in [4.78, 5) is 11.8. The first-order chi connectivity index (χ1) is 10.3. The van der Waals surface area contributed by atoms with Gasteiger partial charge in [0.25, 0.3) is 0 Å². The van der Waals surface area contributed by atoms with Crippen LogP contribution >= 0.6 is 0 Å². The molecule has 0 bridgehead atoms. The standard InChI is InChI=1S/C17H28N4/c1-2-21(14-10-8-13(18)9-11-14)17-15-6-4-3-5-7-16(15)19-12-20-17/h12-14H,2-11,18H2,1H3. The lowest BCUT2D eigenvalue weighted by molar-refractivity contribution is 0.376. The molecule has 3 rings (SSSR count). The van der Waals surface area contributed by atoms with Crippen molar-refractivity contribution in [2.75, 3.05) is 11.4 Å². The number of nitrogens with two attached hydrogens (primary N) is 1. The molecule has 1 fully saturated rings. The summed E-state index contributed by atoms with van der Waals surface area (Å²) in [6.45, 7) is 3.28. The SMILES string of the molecule is CCN(c1ncnc2c1CCCCC2)C1CCC(N)CC1.